The minimum absolute atomic E-state index is 0.0521. The first-order valence-electron chi connectivity index (χ1n) is 10.1. The molecule has 0 fully saturated rings. The summed E-state index contributed by atoms with van der Waals surface area (Å²) in [6.45, 7) is 3.75. The van der Waals surface area contributed by atoms with Crippen molar-refractivity contribution in [3.05, 3.63) is 29.8 Å². The van der Waals surface area contributed by atoms with Gasteiger partial charge in [-0.15, -0.1) is 0 Å². The summed E-state index contributed by atoms with van der Waals surface area (Å²) in [4.78, 5) is 27.4. The molecule has 1 aromatic carbocycles. The average Bonchev–Trinajstić information content (AvgIpc) is 2.69. The van der Waals surface area contributed by atoms with Crippen LogP contribution in [0.25, 0.3) is 0 Å². The highest BCUT2D eigenvalue weighted by Crippen LogP contribution is 2.31. The van der Waals surface area contributed by atoms with Gasteiger partial charge >= 0.3 is 5.97 Å². The number of amides is 1. The van der Waals surface area contributed by atoms with Gasteiger partial charge in [0.2, 0.25) is 5.91 Å². The van der Waals surface area contributed by atoms with Crippen molar-refractivity contribution in [3.63, 3.8) is 0 Å². The van der Waals surface area contributed by atoms with E-state index in [0.29, 0.717) is 26.0 Å². The lowest BCUT2D eigenvalue weighted by Gasteiger charge is -2.26. The van der Waals surface area contributed by atoms with E-state index in [0.717, 1.165) is 49.4 Å². The smallest absolute Gasteiger partial charge is 0.305 e. The number of unbranched alkanes of at least 4 members (excludes halogenated alkanes) is 3. The van der Waals surface area contributed by atoms with Crippen molar-refractivity contribution in [2.75, 3.05) is 32.1 Å². The number of anilines is 1. The summed E-state index contributed by atoms with van der Waals surface area (Å²) in [5.41, 5.74) is 2.06. The lowest BCUT2D eigenvalue weighted by Crippen LogP contribution is -2.41. The van der Waals surface area contributed by atoms with E-state index in [2.05, 4.69) is 27.0 Å². The van der Waals surface area contributed by atoms with Crippen LogP contribution in [0.4, 0.5) is 5.69 Å². The Balaban J connectivity index is 1.64. The molecular formula is C21H32N4O3. The molecule has 1 atom stereocenters. The molecule has 3 N–H and O–H groups in total. The second-order valence-corrected chi connectivity index (χ2v) is 6.89. The summed E-state index contributed by atoms with van der Waals surface area (Å²) < 4.78 is 4.92. The number of carbonyl (C=O) groups is 2. The molecule has 0 bridgehead atoms. The quantitative estimate of drug-likeness (QED) is 0.248. The zero-order valence-electron chi connectivity index (χ0n) is 16.9. The molecule has 2 rings (SSSR count). The molecule has 0 aromatic heterocycles. The van der Waals surface area contributed by atoms with Crippen molar-refractivity contribution in [2.45, 2.75) is 51.4 Å². The van der Waals surface area contributed by atoms with Gasteiger partial charge in [-0.2, -0.15) is 0 Å². The fourth-order valence-corrected chi connectivity index (χ4v) is 3.31. The molecule has 1 aliphatic heterocycles. The van der Waals surface area contributed by atoms with Gasteiger partial charge in [-0.3, -0.25) is 14.6 Å². The fourth-order valence-electron chi connectivity index (χ4n) is 3.31. The van der Waals surface area contributed by atoms with Crippen molar-refractivity contribution in [2.24, 2.45) is 4.99 Å². The highest BCUT2D eigenvalue weighted by atomic mass is 16.5. The summed E-state index contributed by atoms with van der Waals surface area (Å²) >= 11 is 0. The third-order valence-electron chi connectivity index (χ3n) is 4.75. The van der Waals surface area contributed by atoms with Gasteiger partial charge in [0.25, 0.3) is 0 Å². The number of fused-ring (bicyclic) bond motifs is 1. The van der Waals surface area contributed by atoms with Gasteiger partial charge in [0.1, 0.15) is 0 Å². The Hall–Kier alpha value is -2.57. The van der Waals surface area contributed by atoms with Crippen LogP contribution in [0.3, 0.4) is 0 Å². The maximum atomic E-state index is 11.9. The maximum Gasteiger partial charge on any atom is 0.305 e. The predicted molar refractivity (Wildman–Crippen MR) is 112 cm³/mol. The van der Waals surface area contributed by atoms with Crippen LogP contribution >= 0.6 is 0 Å². The molecule has 7 heteroatoms. The Labute approximate surface area is 167 Å². The number of hydrogen-bond acceptors (Lipinski definition) is 4. The molecule has 0 aliphatic carbocycles. The van der Waals surface area contributed by atoms with E-state index in [9.17, 15) is 9.59 Å². The first kappa shape index (κ1) is 21.7. The number of hydrogen-bond donors (Lipinski definition) is 3. The molecule has 154 valence electrons. The average molecular weight is 389 g/mol. The summed E-state index contributed by atoms with van der Waals surface area (Å²) in [6.07, 6.45) is 4.93. The minimum atomic E-state index is -0.108. The zero-order chi connectivity index (χ0) is 20.2. The number of aliphatic imine (C=N–C) groups is 1. The predicted octanol–water partition coefficient (Wildman–Crippen LogP) is 2.79. The molecule has 0 saturated carbocycles. The minimum Gasteiger partial charge on any atom is -0.466 e. The van der Waals surface area contributed by atoms with Crippen molar-refractivity contribution in [1.82, 2.24) is 10.6 Å². The van der Waals surface area contributed by atoms with Gasteiger partial charge in [-0.1, -0.05) is 31.0 Å². The molecule has 28 heavy (non-hydrogen) atoms. The molecule has 1 heterocycles. The molecule has 0 saturated heterocycles. The normalized spacial score (nSPS) is 16.1. The van der Waals surface area contributed by atoms with Crippen molar-refractivity contribution >= 4 is 23.5 Å². The zero-order valence-corrected chi connectivity index (χ0v) is 16.9. The van der Waals surface area contributed by atoms with Crippen LogP contribution in [0.5, 0.6) is 0 Å². The fraction of sp³-hybridized carbons (Fsp3) is 0.571. The molecule has 1 aromatic rings. The first-order valence-corrected chi connectivity index (χ1v) is 10.1. The number of benzene rings is 1. The van der Waals surface area contributed by atoms with Crippen LogP contribution in [0.15, 0.2) is 29.3 Å². The van der Waals surface area contributed by atoms with Crippen molar-refractivity contribution in [1.29, 1.82) is 0 Å². The Bertz CT molecular complexity index is 675. The highest BCUT2D eigenvalue weighted by Gasteiger charge is 2.24. The van der Waals surface area contributed by atoms with E-state index in [1.165, 1.54) is 0 Å². The standard InChI is InChI=1S/C21H32N4O3/c1-3-28-20(27)12-6-4-5-9-13-23-21(22-2)24-15-16-14-19(26)25-18-11-8-7-10-17(16)18/h7-8,10-11,16H,3-6,9,12-15H2,1-2H3,(H,25,26)(H2,22,23,24). The third-order valence-corrected chi connectivity index (χ3v) is 4.75. The second-order valence-electron chi connectivity index (χ2n) is 6.89. The van der Waals surface area contributed by atoms with Crippen LogP contribution in [-0.4, -0.2) is 44.6 Å². The van der Waals surface area contributed by atoms with Crippen molar-refractivity contribution < 1.29 is 14.3 Å². The third kappa shape index (κ3) is 7.21. The molecule has 0 spiro atoms. The molecule has 1 aliphatic rings. The van der Waals surface area contributed by atoms with Gasteiger partial charge in [0.15, 0.2) is 5.96 Å². The maximum absolute atomic E-state index is 11.9. The molecule has 1 unspecified atom stereocenters. The number of esters is 1. The summed E-state index contributed by atoms with van der Waals surface area (Å²) in [5, 5.41) is 9.56. The highest BCUT2D eigenvalue weighted by molar-refractivity contribution is 5.94. The number of para-hydroxylation sites is 1. The number of rotatable bonds is 10. The number of nitrogens with zero attached hydrogens (tertiary/aromatic N) is 1. The van der Waals surface area contributed by atoms with Gasteiger partial charge in [-0.25, -0.2) is 0 Å². The van der Waals surface area contributed by atoms with E-state index in [-0.39, 0.29) is 17.8 Å². The van der Waals surface area contributed by atoms with E-state index < -0.39 is 0 Å². The molecule has 7 nitrogen and oxygen atoms in total. The monoisotopic (exact) mass is 388 g/mol. The number of carbonyl (C=O) groups excluding carboxylic acids is 2. The first-order chi connectivity index (χ1) is 13.6. The SMILES string of the molecule is CCOC(=O)CCCCCCNC(=NC)NCC1CC(=O)Nc2ccccc21. The summed E-state index contributed by atoms with van der Waals surface area (Å²) in [5.74, 6) is 0.820. The topological polar surface area (TPSA) is 91.8 Å². The van der Waals surface area contributed by atoms with Crippen LogP contribution < -0.4 is 16.0 Å². The number of ether oxygens (including phenoxy) is 1. The second kappa shape index (κ2) is 12.0. The Morgan fingerprint density at radius 3 is 2.79 bits per heavy atom. The Morgan fingerprint density at radius 1 is 1.21 bits per heavy atom. The van der Waals surface area contributed by atoms with Crippen LogP contribution in [0.2, 0.25) is 0 Å². The lowest BCUT2D eigenvalue weighted by molar-refractivity contribution is -0.143. The summed E-state index contributed by atoms with van der Waals surface area (Å²) in [7, 11) is 1.75. The van der Waals surface area contributed by atoms with Gasteiger partial charge in [0.05, 0.1) is 6.61 Å². The molecule has 1 amide bonds. The van der Waals surface area contributed by atoms with E-state index >= 15 is 0 Å². The molecule has 0 radical (unpaired) electrons. The van der Waals surface area contributed by atoms with Gasteiger partial charge < -0.3 is 20.7 Å². The van der Waals surface area contributed by atoms with E-state index in [4.69, 9.17) is 4.74 Å². The number of guanidine groups is 1. The van der Waals surface area contributed by atoms with Crippen molar-refractivity contribution in [3.8, 4) is 0 Å². The van der Waals surface area contributed by atoms with Crippen LogP contribution in [0.1, 0.15) is 56.9 Å². The lowest BCUT2D eigenvalue weighted by atomic mass is 9.90. The van der Waals surface area contributed by atoms with E-state index in [1.807, 2.05) is 25.1 Å². The largest absolute Gasteiger partial charge is 0.466 e. The van der Waals surface area contributed by atoms with Gasteiger partial charge in [0, 0.05) is 44.6 Å². The van der Waals surface area contributed by atoms with E-state index in [1.54, 1.807) is 7.05 Å². The Morgan fingerprint density at radius 2 is 2.00 bits per heavy atom. The van der Waals surface area contributed by atoms with Crippen LogP contribution in [-0.2, 0) is 14.3 Å². The Kier molecular flexibility index (Phi) is 9.31. The number of nitrogens with one attached hydrogen (secondary N) is 3. The van der Waals surface area contributed by atoms with Gasteiger partial charge in [-0.05, 0) is 31.4 Å². The van der Waals surface area contributed by atoms with Crippen LogP contribution in [0, 0.1) is 0 Å². The summed E-state index contributed by atoms with van der Waals surface area (Å²) in [6, 6.07) is 7.93. The molecular weight excluding hydrogens is 356 g/mol.